The lowest BCUT2D eigenvalue weighted by atomic mass is 10.1. The van der Waals surface area contributed by atoms with Gasteiger partial charge in [0.1, 0.15) is 0 Å². The van der Waals surface area contributed by atoms with E-state index in [1.165, 1.54) is 12.1 Å². The fraction of sp³-hybridized carbons (Fsp3) is 0.389. The van der Waals surface area contributed by atoms with Crippen molar-refractivity contribution in [2.24, 2.45) is 0 Å². The van der Waals surface area contributed by atoms with Gasteiger partial charge in [0, 0.05) is 19.2 Å². The third-order valence-corrected chi connectivity index (χ3v) is 4.21. The Balaban J connectivity index is 1.71. The number of esters is 1. The Morgan fingerprint density at radius 3 is 2.57 bits per heavy atom. The minimum absolute atomic E-state index is 0.0216. The number of anilines is 2. The number of nitrogens with zero attached hydrogens (tertiary/aromatic N) is 2. The van der Waals surface area contributed by atoms with E-state index in [1.54, 1.807) is 6.92 Å². The van der Waals surface area contributed by atoms with Gasteiger partial charge in [0.2, 0.25) is 5.76 Å². The van der Waals surface area contributed by atoms with E-state index < -0.39 is 30.2 Å². The van der Waals surface area contributed by atoms with Crippen molar-refractivity contribution in [1.29, 1.82) is 0 Å². The second kappa shape index (κ2) is 7.91. The monoisotopic (exact) mass is 397 g/mol. The van der Waals surface area contributed by atoms with E-state index in [0.717, 1.165) is 25.0 Å². The SMILES string of the molecule is Cc1cc(C(=O)OCC(=O)Nc2cc(C(F)(F)F)ccc2N2CCCC2)on1. The molecule has 1 aliphatic rings. The van der Waals surface area contributed by atoms with Gasteiger partial charge in [0.15, 0.2) is 6.61 Å². The van der Waals surface area contributed by atoms with Crippen molar-refractivity contribution < 1.29 is 32.0 Å². The molecule has 1 aliphatic heterocycles. The average molecular weight is 397 g/mol. The lowest BCUT2D eigenvalue weighted by molar-refractivity contribution is -0.137. The van der Waals surface area contributed by atoms with E-state index in [2.05, 4.69) is 10.5 Å². The van der Waals surface area contributed by atoms with Gasteiger partial charge in [-0.3, -0.25) is 4.79 Å². The third kappa shape index (κ3) is 4.62. The lowest BCUT2D eigenvalue weighted by Crippen LogP contribution is -2.24. The molecule has 1 saturated heterocycles. The van der Waals surface area contributed by atoms with Gasteiger partial charge >= 0.3 is 12.1 Å². The number of hydrogen-bond acceptors (Lipinski definition) is 6. The summed E-state index contributed by atoms with van der Waals surface area (Å²) in [6.07, 6.45) is -2.70. The Morgan fingerprint density at radius 2 is 1.96 bits per heavy atom. The van der Waals surface area contributed by atoms with Crippen LogP contribution in [0.4, 0.5) is 24.5 Å². The maximum Gasteiger partial charge on any atom is 0.416 e. The number of alkyl halides is 3. The second-order valence-corrected chi connectivity index (χ2v) is 6.38. The first-order valence-corrected chi connectivity index (χ1v) is 8.60. The lowest BCUT2D eigenvalue weighted by Gasteiger charge is -2.22. The topological polar surface area (TPSA) is 84.7 Å². The van der Waals surface area contributed by atoms with Crippen LogP contribution < -0.4 is 10.2 Å². The average Bonchev–Trinajstić information content (AvgIpc) is 3.30. The Kier molecular flexibility index (Phi) is 5.57. The van der Waals surface area contributed by atoms with E-state index in [-0.39, 0.29) is 11.4 Å². The van der Waals surface area contributed by atoms with E-state index in [9.17, 15) is 22.8 Å². The molecule has 1 amide bonds. The molecule has 7 nitrogen and oxygen atoms in total. The molecule has 3 rings (SSSR count). The van der Waals surface area contributed by atoms with Crippen LogP contribution in [0.2, 0.25) is 0 Å². The van der Waals surface area contributed by atoms with Crippen molar-refractivity contribution in [3.8, 4) is 0 Å². The highest BCUT2D eigenvalue weighted by Gasteiger charge is 2.32. The molecule has 28 heavy (non-hydrogen) atoms. The van der Waals surface area contributed by atoms with Crippen LogP contribution in [0, 0.1) is 6.92 Å². The van der Waals surface area contributed by atoms with Gasteiger partial charge in [-0.05, 0) is 38.0 Å². The number of rotatable bonds is 5. The smallest absolute Gasteiger partial charge is 0.416 e. The summed E-state index contributed by atoms with van der Waals surface area (Å²) < 4.78 is 48.7. The van der Waals surface area contributed by atoms with Gasteiger partial charge in [-0.1, -0.05) is 5.16 Å². The fourth-order valence-electron chi connectivity index (χ4n) is 2.89. The number of hydrogen-bond donors (Lipinski definition) is 1. The van der Waals surface area contributed by atoms with Crippen LogP contribution >= 0.6 is 0 Å². The molecule has 10 heteroatoms. The predicted molar refractivity (Wildman–Crippen MR) is 93.0 cm³/mol. The molecular formula is C18H18F3N3O4. The summed E-state index contributed by atoms with van der Waals surface area (Å²) in [5.41, 5.74) is 0.111. The summed E-state index contributed by atoms with van der Waals surface area (Å²) >= 11 is 0. The molecule has 0 bridgehead atoms. The molecule has 2 heterocycles. The molecule has 0 saturated carbocycles. The predicted octanol–water partition coefficient (Wildman–Crippen LogP) is 3.40. The zero-order valence-corrected chi connectivity index (χ0v) is 15.0. The first kappa shape index (κ1) is 19.7. The number of amides is 1. The molecule has 0 radical (unpaired) electrons. The molecule has 0 aliphatic carbocycles. The van der Waals surface area contributed by atoms with Crippen molar-refractivity contribution in [1.82, 2.24) is 5.16 Å². The first-order chi connectivity index (χ1) is 13.2. The van der Waals surface area contributed by atoms with E-state index in [4.69, 9.17) is 9.26 Å². The van der Waals surface area contributed by atoms with E-state index >= 15 is 0 Å². The Labute approximate surface area is 158 Å². The van der Waals surface area contributed by atoms with Crippen LogP contribution in [0.1, 0.15) is 34.7 Å². The van der Waals surface area contributed by atoms with Crippen LogP contribution in [0.5, 0.6) is 0 Å². The number of carbonyl (C=O) groups excluding carboxylic acids is 2. The minimum Gasteiger partial charge on any atom is -0.450 e. The molecule has 2 aromatic rings. The molecule has 0 spiro atoms. The molecular weight excluding hydrogens is 379 g/mol. The second-order valence-electron chi connectivity index (χ2n) is 6.38. The fourth-order valence-corrected chi connectivity index (χ4v) is 2.89. The number of nitrogens with one attached hydrogen (secondary N) is 1. The number of aryl methyl sites for hydroxylation is 1. The highest BCUT2D eigenvalue weighted by atomic mass is 19.4. The summed E-state index contributed by atoms with van der Waals surface area (Å²) in [4.78, 5) is 25.8. The Hall–Kier alpha value is -3.04. The Morgan fingerprint density at radius 1 is 1.25 bits per heavy atom. The van der Waals surface area contributed by atoms with Crippen LogP contribution in [-0.2, 0) is 15.7 Å². The van der Waals surface area contributed by atoms with Crippen molar-refractivity contribution in [3.63, 3.8) is 0 Å². The normalized spacial score (nSPS) is 14.2. The zero-order valence-electron chi connectivity index (χ0n) is 15.0. The summed E-state index contributed by atoms with van der Waals surface area (Å²) in [6.45, 7) is 2.32. The van der Waals surface area contributed by atoms with E-state index in [1.807, 2.05) is 4.90 Å². The van der Waals surface area contributed by atoms with Gasteiger partial charge in [-0.2, -0.15) is 13.2 Å². The molecule has 150 valence electrons. The summed E-state index contributed by atoms with van der Waals surface area (Å²) in [6, 6.07) is 4.55. The van der Waals surface area contributed by atoms with Crippen molar-refractivity contribution in [2.75, 3.05) is 29.9 Å². The molecule has 0 unspecified atom stereocenters. The van der Waals surface area contributed by atoms with Gasteiger partial charge in [-0.25, -0.2) is 4.79 Å². The molecule has 1 fully saturated rings. The maximum absolute atomic E-state index is 13.0. The van der Waals surface area contributed by atoms with Crippen molar-refractivity contribution in [3.05, 3.63) is 41.3 Å². The van der Waals surface area contributed by atoms with Crippen LogP contribution in [0.25, 0.3) is 0 Å². The molecule has 1 aromatic heterocycles. The first-order valence-electron chi connectivity index (χ1n) is 8.60. The minimum atomic E-state index is -4.54. The van der Waals surface area contributed by atoms with Crippen LogP contribution in [0.15, 0.2) is 28.8 Å². The highest BCUT2D eigenvalue weighted by molar-refractivity contribution is 5.97. The van der Waals surface area contributed by atoms with Crippen molar-refractivity contribution in [2.45, 2.75) is 25.9 Å². The number of benzene rings is 1. The number of carbonyl (C=O) groups is 2. The van der Waals surface area contributed by atoms with Crippen LogP contribution in [0.3, 0.4) is 0 Å². The quantitative estimate of drug-likeness (QED) is 0.779. The Bertz CT molecular complexity index is 873. The van der Waals surface area contributed by atoms with Crippen LogP contribution in [-0.4, -0.2) is 36.7 Å². The maximum atomic E-state index is 13.0. The molecule has 0 atom stereocenters. The third-order valence-electron chi connectivity index (χ3n) is 4.21. The van der Waals surface area contributed by atoms with Gasteiger partial charge < -0.3 is 19.5 Å². The van der Waals surface area contributed by atoms with Gasteiger partial charge in [0.25, 0.3) is 5.91 Å². The summed E-state index contributed by atoms with van der Waals surface area (Å²) in [7, 11) is 0. The summed E-state index contributed by atoms with van der Waals surface area (Å²) in [5.74, 6) is -1.81. The summed E-state index contributed by atoms with van der Waals surface area (Å²) in [5, 5.41) is 5.94. The largest absolute Gasteiger partial charge is 0.450 e. The zero-order chi connectivity index (χ0) is 20.3. The number of ether oxygens (including phenoxy) is 1. The number of halogens is 3. The van der Waals surface area contributed by atoms with Crippen molar-refractivity contribution >= 4 is 23.3 Å². The molecule has 1 aromatic carbocycles. The highest BCUT2D eigenvalue weighted by Crippen LogP contribution is 2.36. The standard InChI is InChI=1S/C18H18F3N3O4/c1-11-8-15(28-23-11)17(26)27-10-16(25)22-13-9-12(18(19,20)21)4-5-14(13)24-6-2-3-7-24/h4-5,8-9H,2-3,6-7,10H2,1H3,(H,22,25). The molecule has 1 N–H and O–H groups in total. The number of aromatic nitrogens is 1. The van der Waals surface area contributed by atoms with Gasteiger partial charge in [0.05, 0.1) is 22.6 Å². The van der Waals surface area contributed by atoms with E-state index in [0.29, 0.717) is 24.5 Å². The van der Waals surface area contributed by atoms with Gasteiger partial charge in [-0.15, -0.1) is 0 Å².